The number of hydrogen-bond acceptors (Lipinski definition) is 4. The number of benzene rings is 4. The summed E-state index contributed by atoms with van der Waals surface area (Å²) in [5.74, 6) is 1.40. The molecule has 0 aliphatic carbocycles. The number of nitrogens with one attached hydrogen (secondary N) is 2. The van der Waals surface area contributed by atoms with Crippen molar-refractivity contribution in [1.82, 2.24) is 5.32 Å². The molecule has 0 unspecified atom stereocenters. The van der Waals surface area contributed by atoms with E-state index in [0.717, 1.165) is 0 Å². The average molecular weight is 424 g/mol. The third kappa shape index (κ3) is 5.31. The number of carbonyl (C=O) groups excluding carboxylic acids is 2. The Balaban J connectivity index is 1.59. The van der Waals surface area contributed by atoms with E-state index in [1.54, 1.807) is 60.7 Å². The van der Waals surface area contributed by atoms with Crippen LogP contribution in [-0.2, 0) is 0 Å². The van der Waals surface area contributed by atoms with Crippen LogP contribution in [0.5, 0.6) is 23.0 Å². The second kappa shape index (κ2) is 9.95. The van der Waals surface area contributed by atoms with Crippen molar-refractivity contribution in [3.8, 4) is 23.0 Å². The van der Waals surface area contributed by atoms with Crippen molar-refractivity contribution >= 4 is 17.6 Å². The molecule has 0 spiro atoms. The fourth-order valence-corrected chi connectivity index (χ4v) is 2.94. The molecule has 2 N–H and O–H groups in total. The first-order valence-electron chi connectivity index (χ1n) is 9.95. The number of imide groups is 1. The molecule has 3 amide bonds. The molecule has 0 fully saturated rings. The molecule has 0 bridgehead atoms. The molecule has 0 atom stereocenters. The Morgan fingerprint density at radius 3 is 1.78 bits per heavy atom. The molecule has 4 aromatic rings. The molecule has 0 saturated carbocycles. The van der Waals surface area contributed by atoms with Crippen molar-refractivity contribution < 1.29 is 19.1 Å². The van der Waals surface area contributed by atoms with Crippen LogP contribution in [-0.4, -0.2) is 11.9 Å². The van der Waals surface area contributed by atoms with Gasteiger partial charge in [0.1, 0.15) is 11.5 Å². The molecule has 0 aliphatic rings. The molecule has 4 aromatic carbocycles. The first-order valence-corrected chi connectivity index (χ1v) is 9.95. The van der Waals surface area contributed by atoms with Crippen LogP contribution >= 0.6 is 0 Å². The maximum atomic E-state index is 12.5. The van der Waals surface area contributed by atoms with E-state index in [-0.39, 0.29) is 0 Å². The monoisotopic (exact) mass is 424 g/mol. The molecule has 0 aliphatic heterocycles. The van der Waals surface area contributed by atoms with Gasteiger partial charge in [0.15, 0.2) is 11.5 Å². The van der Waals surface area contributed by atoms with Crippen LogP contribution < -0.4 is 20.1 Å². The summed E-state index contributed by atoms with van der Waals surface area (Å²) in [7, 11) is 0. The van der Waals surface area contributed by atoms with Gasteiger partial charge in [0, 0.05) is 5.56 Å². The van der Waals surface area contributed by atoms with Gasteiger partial charge in [-0.3, -0.25) is 10.1 Å². The van der Waals surface area contributed by atoms with Gasteiger partial charge in [-0.15, -0.1) is 0 Å². The van der Waals surface area contributed by atoms with Gasteiger partial charge in [0.25, 0.3) is 5.91 Å². The number of amides is 3. The van der Waals surface area contributed by atoms with Crippen LogP contribution in [0.1, 0.15) is 10.4 Å². The summed E-state index contributed by atoms with van der Waals surface area (Å²) in [5.41, 5.74) is 0.727. The van der Waals surface area contributed by atoms with Crippen LogP contribution in [0.15, 0.2) is 109 Å². The minimum Gasteiger partial charge on any atom is -0.453 e. The van der Waals surface area contributed by atoms with Gasteiger partial charge in [0.05, 0.1) is 5.69 Å². The zero-order valence-corrected chi connectivity index (χ0v) is 17.0. The number of hydrogen-bond donors (Lipinski definition) is 2. The van der Waals surface area contributed by atoms with Crippen molar-refractivity contribution in [2.24, 2.45) is 0 Å². The van der Waals surface area contributed by atoms with Crippen LogP contribution in [0, 0.1) is 0 Å². The maximum Gasteiger partial charge on any atom is 0.326 e. The quantitative estimate of drug-likeness (QED) is 0.384. The Bertz CT molecular complexity index is 1200. The molecule has 0 heterocycles. The lowest BCUT2D eigenvalue weighted by molar-refractivity contribution is 0.0967. The largest absolute Gasteiger partial charge is 0.453 e. The van der Waals surface area contributed by atoms with Crippen molar-refractivity contribution in [3.05, 3.63) is 115 Å². The third-order valence-electron chi connectivity index (χ3n) is 4.42. The summed E-state index contributed by atoms with van der Waals surface area (Å²) >= 11 is 0. The average Bonchev–Trinajstić information content (AvgIpc) is 2.83. The number of rotatable bonds is 6. The minimum atomic E-state index is -0.686. The highest BCUT2D eigenvalue weighted by Crippen LogP contribution is 2.40. The van der Waals surface area contributed by atoms with Crippen LogP contribution in [0.3, 0.4) is 0 Å². The van der Waals surface area contributed by atoms with Gasteiger partial charge in [0.2, 0.25) is 0 Å². The van der Waals surface area contributed by atoms with E-state index in [1.807, 2.05) is 48.5 Å². The SMILES string of the molecule is O=C(NC(=O)c1ccccc1)Nc1cccc(Oc2ccccc2)c1Oc1ccccc1. The summed E-state index contributed by atoms with van der Waals surface area (Å²) in [4.78, 5) is 24.8. The second-order valence-corrected chi connectivity index (χ2v) is 6.74. The van der Waals surface area contributed by atoms with Gasteiger partial charge in [-0.05, 0) is 48.5 Å². The molecule has 0 saturated heterocycles. The minimum absolute atomic E-state index is 0.310. The van der Waals surface area contributed by atoms with E-state index in [9.17, 15) is 9.59 Å². The summed E-state index contributed by atoms with van der Waals surface area (Å²) in [6.45, 7) is 0. The van der Waals surface area contributed by atoms with Crippen molar-refractivity contribution in [3.63, 3.8) is 0 Å². The first-order chi connectivity index (χ1) is 15.7. The number of ether oxygens (including phenoxy) is 2. The second-order valence-electron chi connectivity index (χ2n) is 6.74. The van der Waals surface area contributed by atoms with Crippen molar-refractivity contribution in [2.75, 3.05) is 5.32 Å². The van der Waals surface area contributed by atoms with Gasteiger partial charge in [-0.25, -0.2) is 4.79 Å². The highest BCUT2D eigenvalue weighted by Gasteiger charge is 2.17. The highest BCUT2D eigenvalue weighted by atomic mass is 16.5. The third-order valence-corrected chi connectivity index (χ3v) is 4.42. The first kappa shape index (κ1) is 20.7. The number of anilines is 1. The van der Waals surface area contributed by atoms with E-state index in [4.69, 9.17) is 9.47 Å². The van der Waals surface area contributed by atoms with Gasteiger partial charge in [-0.1, -0.05) is 60.7 Å². The fraction of sp³-hybridized carbons (Fsp3) is 0. The van der Waals surface area contributed by atoms with E-state index in [2.05, 4.69) is 10.6 Å². The lowest BCUT2D eigenvalue weighted by atomic mass is 10.2. The molecule has 32 heavy (non-hydrogen) atoms. The molecular formula is C26H20N2O4. The van der Waals surface area contributed by atoms with E-state index in [1.165, 1.54) is 0 Å². The molecule has 4 rings (SSSR count). The maximum absolute atomic E-state index is 12.5. The lowest BCUT2D eigenvalue weighted by Crippen LogP contribution is -2.34. The Labute approximate surface area is 185 Å². The zero-order chi connectivity index (χ0) is 22.2. The molecule has 0 aromatic heterocycles. The Kier molecular flexibility index (Phi) is 6.43. The standard InChI is InChI=1S/C26H20N2O4/c29-25(19-11-4-1-5-12-19)28-26(30)27-22-17-10-18-23(31-20-13-6-2-7-14-20)24(22)32-21-15-8-3-9-16-21/h1-18H,(H2,27,28,29,30). The lowest BCUT2D eigenvalue weighted by Gasteiger charge is -2.17. The van der Waals surface area contributed by atoms with Gasteiger partial charge >= 0.3 is 6.03 Å². The highest BCUT2D eigenvalue weighted by molar-refractivity contribution is 6.08. The predicted molar refractivity (Wildman–Crippen MR) is 122 cm³/mol. The fourth-order valence-electron chi connectivity index (χ4n) is 2.94. The molecule has 6 heteroatoms. The smallest absolute Gasteiger partial charge is 0.326 e. The van der Waals surface area contributed by atoms with E-state index < -0.39 is 11.9 Å². The van der Waals surface area contributed by atoms with Gasteiger partial charge in [-0.2, -0.15) is 0 Å². The topological polar surface area (TPSA) is 76.7 Å². The Morgan fingerprint density at radius 2 is 1.16 bits per heavy atom. The van der Waals surface area contributed by atoms with Gasteiger partial charge < -0.3 is 14.8 Å². The summed E-state index contributed by atoms with van der Waals surface area (Å²) in [6, 6.07) is 31.3. The number of carbonyl (C=O) groups is 2. The summed E-state index contributed by atoms with van der Waals surface area (Å²) < 4.78 is 12.0. The van der Waals surface area contributed by atoms with E-state index >= 15 is 0 Å². The molecular weight excluding hydrogens is 404 g/mol. The van der Waals surface area contributed by atoms with Crippen LogP contribution in [0.2, 0.25) is 0 Å². The van der Waals surface area contributed by atoms with Crippen molar-refractivity contribution in [2.45, 2.75) is 0 Å². The summed E-state index contributed by atoms with van der Waals surface area (Å²) in [6.07, 6.45) is 0. The number of urea groups is 1. The van der Waals surface area contributed by atoms with E-state index in [0.29, 0.717) is 34.2 Å². The summed E-state index contributed by atoms with van der Waals surface area (Å²) in [5, 5.41) is 5.00. The number of para-hydroxylation sites is 3. The molecule has 6 nitrogen and oxygen atoms in total. The van der Waals surface area contributed by atoms with Crippen molar-refractivity contribution in [1.29, 1.82) is 0 Å². The zero-order valence-electron chi connectivity index (χ0n) is 17.0. The van der Waals surface area contributed by atoms with Crippen LogP contribution in [0.4, 0.5) is 10.5 Å². The normalized spacial score (nSPS) is 10.1. The van der Waals surface area contributed by atoms with Crippen LogP contribution in [0.25, 0.3) is 0 Å². The predicted octanol–water partition coefficient (Wildman–Crippen LogP) is 6.23. The molecule has 158 valence electrons. The Morgan fingerprint density at radius 1 is 0.594 bits per heavy atom. The molecule has 0 radical (unpaired) electrons. The Hall–Kier alpha value is -4.58.